The van der Waals surface area contributed by atoms with Crippen molar-refractivity contribution >= 4 is 32.5 Å². The molecule has 3 heteroatoms. The lowest BCUT2D eigenvalue weighted by molar-refractivity contribution is 0.0996. The van der Waals surface area contributed by atoms with Crippen LogP contribution in [0.25, 0.3) is 10.8 Å². The van der Waals surface area contributed by atoms with Gasteiger partial charge in [0.25, 0.3) is 0 Å². The lowest BCUT2D eigenvalue weighted by atomic mass is 10.0. The number of benzene rings is 2. The largest absolute Gasteiger partial charge is 0.293 e. The Morgan fingerprint density at radius 2 is 1.81 bits per heavy atom. The lowest BCUT2D eigenvalue weighted by Crippen LogP contribution is -2.09. The molecule has 82 valence electrons. The van der Waals surface area contributed by atoms with E-state index in [0.29, 0.717) is 5.56 Å². The number of carbonyl (C=O) groups excluding carboxylic acids is 1. The van der Waals surface area contributed by atoms with Crippen molar-refractivity contribution in [2.45, 2.75) is 11.8 Å². The Balaban J connectivity index is 2.52. The van der Waals surface area contributed by atoms with Gasteiger partial charge in [0.05, 0.1) is 4.83 Å². The number of rotatable bonds is 2. The van der Waals surface area contributed by atoms with E-state index < -0.39 is 0 Å². The van der Waals surface area contributed by atoms with Crippen LogP contribution in [-0.2, 0) is 0 Å². The van der Waals surface area contributed by atoms with Crippen LogP contribution in [0.5, 0.6) is 0 Å². The first kappa shape index (κ1) is 11.3. The van der Waals surface area contributed by atoms with Gasteiger partial charge in [-0.15, -0.1) is 0 Å². The minimum Gasteiger partial charge on any atom is -0.293 e. The standard InChI is InChI=1S/C13H10BrFO/c1-8(14)13(16)11-3-2-10-7-12(15)5-4-9(10)6-11/h2-8H,1H3. The summed E-state index contributed by atoms with van der Waals surface area (Å²) in [7, 11) is 0. The monoisotopic (exact) mass is 280 g/mol. The molecular formula is C13H10BrFO. The van der Waals surface area contributed by atoms with Crippen LogP contribution < -0.4 is 0 Å². The molecule has 0 aliphatic carbocycles. The molecule has 0 saturated carbocycles. The molecule has 1 atom stereocenters. The molecule has 2 aromatic rings. The zero-order valence-electron chi connectivity index (χ0n) is 8.71. The Morgan fingerprint density at radius 3 is 2.50 bits per heavy atom. The lowest BCUT2D eigenvalue weighted by Gasteiger charge is -2.04. The van der Waals surface area contributed by atoms with Crippen LogP contribution in [-0.4, -0.2) is 10.6 Å². The number of halogens is 2. The van der Waals surface area contributed by atoms with Crippen molar-refractivity contribution < 1.29 is 9.18 Å². The highest BCUT2D eigenvalue weighted by molar-refractivity contribution is 9.10. The van der Waals surface area contributed by atoms with Crippen molar-refractivity contribution in [3.63, 3.8) is 0 Å². The van der Waals surface area contributed by atoms with Crippen LogP contribution in [0.4, 0.5) is 4.39 Å². The topological polar surface area (TPSA) is 17.1 Å². The molecule has 2 aromatic carbocycles. The summed E-state index contributed by atoms with van der Waals surface area (Å²) in [5, 5.41) is 1.68. The summed E-state index contributed by atoms with van der Waals surface area (Å²) in [5.74, 6) is -0.230. The van der Waals surface area contributed by atoms with E-state index in [4.69, 9.17) is 0 Å². The number of ketones is 1. The van der Waals surface area contributed by atoms with Gasteiger partial charge in [-0.1, -0.05) is 34.1 Å². The molecule has 0 aliphatic rings. The molecule has 0 spiro atoms. The van der Waals surface area contributed by atoms with E-state index in [9.17, 15) is 9.18 Å². The van der Waals surface area contributed by atoms with E-state index in [0.717, 1.165) is 10.8 Å². The summed E-state index contributed by atoms with van der Waals surface area (Å²) < 4.78 is 12.9. The van der Waals surface area contributed by atoms with Crippen LogP contribution in [0.2, 0.25) is 0 Å². The van der Waals surface area contributed by atoms with Gasteiger partial charge in [0.1, 0.15) is 5.82 Å². The van der Waals surface area contributed by atoms with Gasteiger partial charge in [0.2, 0.25) is 0 Å². The van der Waals surface area contributed by atoms with Gasteiger partial charge in [0, 0.05) is 5.56 Å². The van der Waals surface area contributed by atoms with Crippen LogP contribution >= 0.6 is 15.9 Å². The maximum atomic E-state index is 12.9. The van der Waals surface area contributed by atoms with Crippen LogP contribution in [0.1, 0.15) is 17.3 Å². The number of hydrogen-bond acceptors (Lipinski definition) is 1. The normalized spacial score (nSPS) is 12.7. The third kappa shape index (κ3) is 2.14. The van der Waals surface area contributed by atoms with Crippen LogP contribution in [0.3, 0.4) is 0 Å². The summed E-state index contributed by atoms with van der Waals surface area (Å²) >= 11 is 3.24. The third-order valence-corrected chi connectivity index (χ3v) is 2.86. The number of Topliss-reactive ketones (excluding diaryl/α,β-unsaturated/α-hetero) is 1. The molecule has 1 nitrogen and oxygen atoms in total. The van der Waals surface area contributed by atoms with Crippen molar-refractivity contribution in [3.8, 4) is 0 Å². The summed E-state index contributed by atoms with van der Waals surface area (Å²) in [5.41, 5.74) is 0.642. The van der Waals surface area contributed by atoms with E-state index in [-0.39, 0.29) is 16.4 Å². The number of fused-ring (bicyclic) bond motifs is 1. The van der Waals surface area contributed by atoms with Gasteiger partial charge in [0.15, 0.2) is 5.78 Å². The van der Waals surface area contributed by atoms with E-state index in [1.54, 1.807) is 31.2 Å². The molecule has 0 fully saturated rings. The molecule has 0 radical (unpaired) electrons. The highest BCUT2D eigenvalue weighted by Crippen LogP contribution is 2.19. The zero-order valence-corrected chi connectivity index (χ0v) is 10.3. The Kier molecular flexibility index (Phi) is 3.06. The molecule has 0 amide bonds. The third-order valence-electron chi connectivity index (χ3n) is 2.45. The molecule has 0 saturated heterocycles. The molecule has 0 heterocycles. The van der Waals surface area contributed by atoms with Gasteiger partial charge in [-0.25, -0.2) is 4.39 Å². The van der Waals surface area contributed by atoms with Crippen molar-refractivity contribution in [1.29, 1.82) is 0 Å². The predicted molar refractivity (Wildman–Crippen MR) is 66.6 cm³/mol. The van der Waals surface area contributed by atoms with Gasteiger partial charge in [-0.2, -0.15) is 0 Å². The van der Waals surface area contributed by atoms with Crippen LogP contribution in [0, 0.1) is 5.82 Å². The first-order chi connectivity index (χ1) is 7.58. The average Bonchev–Trinajstić information content (AvgIpc) is 2.27. The predicted octanol–water partition coefficient (Wildman–Crippen LogP) is 3.95. The van der Waals surface area contributed by atoms with Crippen molar-refractivity contribution in [2.75, 3.05) is 0 Å². The molecule has 0 N–H and O–H groups in total. The zero-order chi connectivity index (χ0) is 11.7. The maximum Gasteiger partial charge on any atom is 0.176 e. The number of hydrogen-bond donors (Lipinski definition) is 0. The van der Waals surface area contributed by atoms with Gasteiger partial charge in [-0.05, 0) is 35.9 Å². The molecule has 0 aromatic heterocycles. The minimum atomic E-state index is -0.263. The molecule has 0 aliphatic heterocycles. The summed E-state index contributed by atoms with van der Waals surface area (Å²) in [6, 6.07) is 9.81. The Morgan fingerprint density at radius 1 is 1.19 bits per heavy atom. The van der Waals surface area contributed by atoms with E-state index in [1.807, 2.05) is 0 Å². The molecular weight excluding hydrogens is 271 g/mol. The second kappa shape index (κ2) is 4.34. The van der Waals surface area contributed by atoms with E-state index in [1.165, 1.54) is 12.1 Å². The fraction of sp³-hybridized carbons (Fsp3) is 0.154. The summed E-state index contributed by atoms with van der Waals surface area (Å²) in [6.07, 6.45) is 0. The second-order valence-electron chi connectivity index (χ2n) is 3.69. The van der Waals surface area contributed by atoms with E-state index >= 15 is 0 Å². The Labute approximate surface area is 101 Å². The number of carbonyl (C=O) groups is 1. The van der Waals surface area contributed by atoms with Crippen molar-refractivity contribution in [3.05, 3.63) is 47.8 Å². The summed E-state index contributed by atoms with van der Waals surface area (Å²) in [4.78, 5) is 11.5. The molecule has 16 heavy (non-hydrogen) atoms. The van der Waals surface area contributed by atoms with Gasteiger partial charge < -0.3 is 0 Å². The fourth-order valence-corrected chi connectivity index (χ4v) is 1.86. The van der Waals surface area contributed by atoms with Gasteiger partial charge in [-0.3, -0.25) is 4.79 Å². The van der Waals surface area contributed by atoms with Crippen molar-refractivity contribution in [2.24, 2.45) is 0 Å². The quantitative estimate of drug-likeness (QED) is 0.602. The molecule has 0 bridgehead atoms. The minimum absolute atomic E-state index is 0.0335. The Bertz CT molecular complexity index is 549. The fourth-order valence-electron chi connectivity index (χ4n) is 1.60. The van der Waals surface area contributed by atoms with Crippen LogP contribution in [0.15, 0.2) is 36.4 Å². The van der Waals surface area contributed by atoms with Gasteiger partial charge >= 0.3 is 0 Å². The first-order valence-electron chi connectivity index (χ1n) is 4.95. The first-order valence-corrected chi connectivity index (χ1v) is 5.87. The molecule has 2 rings (SSSR count). The van der Waals surface area contributed by atoms with E-state index in [2.05, 4.69) is 15.9 Å². The maximum absolute atomic E-state index is 12.9. The molecule has 1 unspecified atom stereocenters. The second-order valence-corrected chi connectivity index (χ2v) is 5.06. The number of alkyl halides is 1. The summed E-state index contributed by atoms with van der Waals surface area (Å²) in [6.45, 7) is 1.79. The SMILES string of the molecule is CC(Br)C(=O)c1ccc2cc(F)ccc2c1. The highest BCUT2D eigenvalue weighted by atomic mass is 79.9. The Hall–Kier alpha value is -1.22. The smallest absolute Gasteiger partial charge is 0.176 e. The highest BCUT2D eigenvalue weighted by Gasteiger charge is 2.11. The van der Waals surface area contributed by atoms with Crippen molar-refractivity contribution in [1.82, 2.24) is 0 Å². The average molecular weight is 281 g/mol.